The average molecular weight is 276 g/mol. The van der Waals surface area contributed by atoms with Crippen LogP contribution in [0.2, 0.25) is 0 Å². The van der Waals surface area contributed by atoms with Crippen molar-refractivity contribution in [3.05, 3.63) is 30.3 Å². The van der Waals surface area contributed by atoms with Crippen LogP contribution in [0.3, 0.4) is 0 Å². The summed E-state index contributed by atoms with van der Waals surface area (Å²) < 4.78 is 5.05. The molecular formula is C15H24N4O. The quantitative estimate of drug-likeness (QED) is 0.506. The molecule has 0 bridgehead atoms. The van der Waals surface area contributed by atoms with E-state index in [9.17, 15) is 0 Å². The van der Waals surface area contributed by atoms with Crippen molar-refractivity contribution >= 4 is 11.6 Å². The third-order valence-electron chi connectivity index (χ3n) is 3.50. The molecule has 0 aliphatic carbocycles. The van der Waals surface area contributed by atoms with Crippen LogP contribution in [0.1, 0.15) is 0 Å². The minimum Gasteiger partial charge on any atom is -0.383 e. The van der Waals surface area contributed by atoms with Crippen LogP contribution >= 0.6 is 0 Å². The van der Waals surface area contributed by atoms with E-state index in [0.29, 0.717) is 6.61 Å². The molecule has 0 radical (unpaired) electrons. The summed E-state index contributed by atoms with van der Waals surface area (Å²) in [6.45, 7) is 5.51. The molecule has 0 aromatic heterocycles. The summed E-state index contributed by atoms with van der Waals surface area (Å²) in [6.07, 6.45) is 0. The van der Waals surface area contributed by atoms with Gasteiger partial charge in [0.2, 0.25) is 0 Å². The number of piperazine rings is 1. The number of anilines is 1. The zero-order valence-corrected chi connectivity index (χ0v) is 12.4. The number of hydrogen-bond donors (Lipinski definition) is 1. The van der Waals surface area contributed by atoms with Crippen LogP contribution in [0.5, 0.6) is 0 Å². The van der Waals surface area contributed by atoms with Crippen molar-refractivity contribution in [1.82, 2.24) is 10.2 Å². The van der Waals surface area contributed by atoms with Crippen LogP contribution in [-0.2, 0) is 4.74 Å². The number of nitrogens with one attached hydrogen (secondary N) is 1. The number of ether oxygens (including phenoxy) is 1. The van der Waals surface area contributed by atoms with Crippen LogP contribution in [0, 0.1) is 0 Å². The Kier molecular flexibility index (Phi) is 5.68. The molecule has 1 saturated heterocycles. The van der Waals surface area contributed by atoms with Gasteiger partial charge in [0.1, 0.15) is 0 Å². The van der Waals surface area contributed by atoms with Gasteiger partial charge < -0.3 is 19.9 Å². The largest absolute Gasteiger partial charge is 0.383 e. The van der Waals surface area contributed by atoms with E-state index in [4.69, 9.17) is 4.74 Å². The number of nitrogens with zero attached hydrogens (tertiary/aromatic N) is 3. The highest BCUT2D eigenvalue weighted by Crippen LogP contribution is 2.15. The minimum atomic E-state index is 0.697. The van der Waals surface area contributed by atoms with Crippen LogP contribution in [0.25, 0.3) is 0 Å². The Balaban J connectivity index is 1.84. The Morgan fingerprint density at radius 1 is 1.20 bits per heavy atom. The second-order valence-electron chi connectivity index (χ2n) is 4.78. The van der Waals surface area contributed by atoms with E-state index >= 15 is 0 Å². The van der Waals surface area contributed by atoms with Crippen LogP contribution < -0.4 is 10.2 Å². The molecule has 1 heterocycles. The molecule has 1 aliphatic rings. The summed E-state index contributed by atoms with van der Waals surface area (Å²) in [5.41, 5.74) is 1.30. The van der Waals surface area contributed by atoms with Gasteiger partial charge in [0, 0.05) is 52.6 Å². The summed E-state index contributed by atoms with van der Waals surface area (Å²) in [7, 11) is 3.54. The molecule has 1 aromatic carbocycles. The zero-order valence-electron chi connectivity index (χ0n) is 12.4. The van der Waals surface area contributed by atoms with Gasteiger partial charge in [-0.3, -0.25) is 4.99 Å². The number of hydrogen-bond acceptors (Lipinski definition) is 3. The van der Waals surface area contributed by atoms with Crippen LogP contribution in [0.4, 0.5) is 5.69 Å². The monoisotopic (exact) mass is 276 g/mol. The van der Waals surface area contributed by atoms with Crippen molar-refractivity contribution in [2.75, 3.05) is 58.4 Å². The molecule has 2 rings (SSSR count). The average Bonchev–Trinajstić information content (AvgIpc) is 2.53. The molecule has 5 heteroatoms. The third-order valence-corrected chi connectivity index (χ3v) is 3.50. The highest BCUT2D eigenvalue weighted by atomic mass is 16.5. The second-order valence-corrected chi connectivity index (χ2v) is 4.78. The third kappa shape index (κ3) is 3.87. The van der Waals surface area contributed by atoms with Gasteiger partial charge in [0.05, 0.1) is 6.61 Å². The Labute approximate surface area is 121 Å². The highest BCUT2D eigenvalue weighted by molar-refractivity contribution is 5.80. The van der Waals surface area contributed by atoms with Gasteiger partial charge in [-0.05, 0) is 12.1 Å². The number of methoxy groups -OCH3 is 1. The number of aliphatic imine (C=N–C) groups is 1. The van der Waals surface area contributed by atoms with Gasteiger partial charge in [-0.2, -0.15) is 0 Å². The lowest BCUT2D eigenvalue weighted by molar-refractivity contribution is 0.202. The van der Waals surface area contributed by atoms with Crippen molar-refractivity contribution in [2.45, 2.75) is 0 Å². The first-order chi connectivity index (χ1) is 9.85. The van der Waals surface area contributed by atoms with Crippen molar-refractivity contribution in [3.63, 3.8) is 0 Å². The fourth-order valence-electron chi connectivity index (χ4n) is 2.41. The molecule has 1 N–H and O–H groups in total. The predicted octanol–water partition coefficient (Wildman–Crippen LogP) is 1.03. The van der Waals surface area contributed by atoms with Crippen molar-refractivity contribution in [3.8, 4) is 0 Å². The molecule has 1 aliphatic heterocycles. The Morgan fingerprint density at radius 2 is 1.90 bits per heavy atom. The van der Waals surface area contributed by atoms with E-state index in [1.165, 1.54) is 5.69 Å². The van der Waals surface area contributed by atoms with E-state index in [0.717, 1.165) is 38.7 Å². The number of rotatable bonds is 4. The first-order valence-electron chi connectivity index (χ1n) is 7.09. The smallest absolute Gasteiger partial charge is 0.193 e. The molecule has 1 fully saturated rings. The standard InChI is InChI=1S/C15H24N4O/c1-16-15(17-8-13-20-2)19-11-9-18(10-12-19)14-6-4-3-5-7-14/h3-7H,8-13H2,1-2H3,(H,16,17). The van der Waals surface area contributed by atoms with Gasteiger partial charge in [-0.15, -0.1) is 0 Å². The highest BCUT2D eigenvalue weighted by Gasteiger charge is 2.19. The SMILES string of the molecule is CN=C(NCCOC)N1CCN(c2ccccc2)CC1. The number of para-hydroxylation sites is 1. The van der Waals surface area contributed by atoms with E-state index in [-0.39, 0.29) is 0 Å². The Morgan fingerprint density at radius 3 is 2.50 bits per heavy atom. The summed E-state index contributed by atoms with van der Waals surface area (Å²) in [5.74, 6) is 0.967. The van der Waals surface area contributed by atoms with Crippen molar-refractivity contribution in [2.24, 2.45) is 4.99 Å². The normalized spacial score (nSPS) is 16.4. The lowest BCUT2D eigenvalue weighted by Crippen LogP contribution is -2.53. The summed E-state index contributed by atoms with van der Waals surface area (Å²) in [6, 6.07) is 10.6. The van der Waals surface area contributed by atoms with Gasteiger partial charge in [-0.1, -0.05) is 18.2 Å². The van der Waals surface area contributed by atoms with E-state index < -0.39 is 0 Å². The van der Waals surface area contributed by atoms with Gasteiger partial charge in [0.25, 0.3) is 0 Å². The molecular weight excluding hydrogens is 252 g/mol. The molecule has 0 amide bonds. The van der Waals surface area contributed by atoms with E-state index in [1.807, 2.05) is 7.05 Å². The minimum absolute atomic E-state index is 0.697. The first-order valence-corrected chi connectivity index (χ1v) is 7.09. The lowest BCUT2D eigenvalue weighted by atomic mass is 10.2. The summed E-state index contributed by atoms with van der Waals surface area (Å²) in [5, 5.41) is 3.33. The molecule has 0 saturated carbocycles. The van der Waals surface area contributed by atoms with Crippen LogP contribution in [0.15, 0.2) is 35.3 Å². The fourth-order valence-corrected chi connectivity index (χ4v) is 2.41. The molecule has 0 spiro atoms. The maximum absolute atomic E-state index is 5.05. The topological polar surface area (TPSA) is 40.1 Å². The molecule has 0 atom stereocenters. The van der Waals surface area contributed by atoms with E-state index in [2.05, 4.69) is 50.4 Å². The second kappa shape index (κ2) is 7.75. The molecule has 20 heavy (non-hydrogen) atoms. The number of benzene rings is 1. The fraction of sp³-hybridized carbons (Fsp3) is 0.533. The van der Waals surface area contributed by atoms with Gasteiger partial charge in [0.15, 0.2) is 5.96 Å². The van der Waals surface area contributed by atoms with Crippen molar-refractivity contribution < 1.29 is 4.74 Å². The maximum Gasteiger partial charge on any atom is 0.193 e. The number of guanidine groups is 1. The predicted molar refractivity (Wildman–Crippen MR) is 83.5 cm³/mol. The molecule has 110 valence electrons. The van der Waals surface area contributed by atoms with E-state index in [1.54, 1.807) is 7.11 Å². The Bertz CT molecular complexity index is 413. The molecule has 5 nitrogen and oxygen atoms in total. The van der Waals surface area contributed by atoms with Gasteiger partial charge in [-0.25, -0.2) is 0 Å². The summed E-state index contributed by atoms with van der Waals surface area (Å²) >= 11 is 0. The summed E-state index contributed by atoms with van der Waals surface area (Å²) in [4.78, 5) is 9.06. The van der Waals surface area contributed by atoms with Crippen LogP contribution in [-0.4, -0.2) is 64.3 Å². The molecule has 1 aromatic rings. The first kappa shape index (κ1) is 14.7. The zero-order chi connectivity index (χ0) is 14.2. The maximum atomic E-state index is 5.05. The molecule has 0 unspecified atom stereocenters. The van der Waals surface area contributed by atoms with Crippen molar-refractivity contribution in [1.29, 1.82) is 0 Å². The lowest BCUT2D eigenvalue weighted by Gasteiger charge is -2.37. The van der Waals surface area contributed by atoms with Gasteiger partial charge >= 0.3 is 0 Å². The Hall–Kier alpha value is -1.75.